The number of aryl methyl sites for hydroxylation is 1. The highest BCUT2D eigenvalue weighted by molar-refractivity contribution is 7.10. The Bertz CT molecular complexity index is 1160. The Balaban J connectivity index is 1.52. The number of para-hydroxylation sites is 1. The third kappa shape index (κ3) is 3.42. The molecule has 5 rings (SSSR count). The quantitative estimate of drug-likeness (QED) is 0.462. The third-order valence-corrected chi connectivity index (χ3v) is 6.53. The van der Waals surface area contributed by atoms with Crippen LogP contribution in [0, 0.1) is 6.92 Å². The summed E-state index contributed by atoms with van der Waals surface area (Å²) in [7, 11) is 0. The van der Waals surface area contributed by atoms with Gasteiger partial charge in [-0.3, -0.25) is 0 Å². The Morgan fingerprint density at radius 3 is 2.67 bits per heavy atom. The highest BCUT2D eigenvalue weighted by Gasteiger charge is 2.33. The van der Waals surface area contributed by atoms with Crippen molar-refractivity contribution < 1.29 is 4.79 Å². The zero-order chi connectivity index (χ0) is 20.5. The number of urea groups is 1. The molecule has 1 unspecified atom stereocenters. The average molecular weight is 414 g/mol. The van der Waals surface area contributed by atoms with Gasteiger partial charge in [0.15, 0.2) is 0 Å². The van der Waals surface area contributed by atoms with Crippen LogP contribution in [-0.4, -0.2) is 15.5 Å². The highest BCUT2D eigenvalue weighted by Crippen LogP contribution is 2.38. The molecule has 2 amide bonds. The fourth-order valence-electron chi connectivity index (χ4n) is 4.07. The number of nitrogens with one attached hydrogen (secondary N) is 1. The van der Waals surface area contributed by atoms with E-state index in [9.17, 15) is 4.79 Å². The van der Waals surface area contributed by atoms with Gasteiger partial charge in [-0.2, -0.15) is 0 Å². The molecular formula is C25H23N3OS. The number of fused-ring (bicyclic) bond motifs is 3. The van der Waals surface area contributed by atoms with Crippen molar-refractivity contribution in [2.75, 3.05) is 0 Å². The maximum absolute atomic E-state index is 13.4. The molecule has 0 saturated heterocycles. The summed E-state index contributed by atoms with van der Waals surface area (Å²) in [4.78, 5) is 16.6. The molecule has 150 valence electrons. The number of rotatable bonds is 3. The lowest BCUT2D eigenvalue weighted by atomic mass is 10.1. The first kappa shape index (κ1) is 18.7. The molecule has 4 nitrogen and oxygen atoms in total. The zero-order valence-corrected chi connectivity index (χ0v) is 17.6. The Labute approximate surface area is 180 Å². The molecule has 1 N–H and O–H groups in total. The van der Waals surface area contributed by atoms with E-state index in [2.05, 4.69) is 89.0 Å². The summed E-state index contributed by atoms with van der Waals surface area (Å²) in [6, 6.07) is 24.7. The minimum Gasteiger partial charge on any atom is -0.334 e. The molecule has 0 saturated carbocycles. The number of carbonyl (C=O) groups is 1. The fraction of sp³-hybridized carbons (Fsp3) is 0.160. The number of aromatic nitrogens is 1. The van der Waals surface area contributed by atoms with Crippen LogP contribution in [0.2, 0.25) is 0 Å². The zero-order valence-electron chi connectivity index (χ0n) is 16.8. The summed E-state index contributed by atoms with van der Waals surface area (Å²) in [5.41, 5.74) is 5.69. The summed E-state index contributed by atoms with van der Waals surface area (Å²) < 4.78 is 2.22. The minimum absolute atomic E-state index is 0.0570. The van der Waals surface area contributed by atoms with E-state index in [0.717, 1.165) is 27.4 Å². The van der Waals surface area contributed by atoms with Gasteiger partial charge in [-0.25, -0.2) is 4.79 Å². The molecule has 0 spiro atoms. The van der Waals surface area contributed by atoms with Crippen molar-refractivity contribution in [3.8, 4) is 5.69 Å². The second-order valence-corrected chi connectivity index (χ2v) is 8.60. The van der Waals surface area contributed by atoms with E-state index in [0.29, 0.717) is 13.1 Å². The van der Waals surface area contributed by atoms with Crippen LogP contribution in [0.4, 0.5) is 4.79 Å². The van der Waals surface area contributed by atoms with E-state index in [-0.39, 0.29) is 12.1 Å². The minimum atomic E-state index is -0.134. The van der Waals surface area contributed by atoms with Gasteiger partial charge in [0.05, 0.1) is 17.9 Å². The van der Waals surface area contributed by atoms with Crippen molar-refractivity contribution in [2.45, 2.75) is 26.1 Å². The van der Waals surface area contributed by atoms with Crippen molar-refractivity contribution in [2.24, 2.45) is 0 Å². The monoisotopic (exact) mass is 413 g/mol. The number of hydrogen-bond donors (Lipinski definition) is 1. The molecule has 0 fully saturated rings. The predicted molar refractivity (Wildman–Crippen MR) is 121 cm³/mol. The van der Waals surface area contributed by atoms with E-state index in [1.807, 2.05) is 17.0 Å². The largest absolute Gasteiger partial charge is 0.334 e. The van der Waals surface area contributed by atoms with Crippen molar-refractivity contribution in [3.05, 3.63) is 112 Å². The van der Waals surface area contributed by atoms with Crippen LogP contribution in [0.25, 0.3) is 5.69 Å². The predicted octanol–water partition coefficient (Wildman–Crippen LogP) is 5.66. The van der Waals surface area contributed by atoms with E-state index in [1.165, 1.54) is 5.56 Å². The number of benzene rings is 2. The second-order valence-electron chi connectivity index (χ2n) is 7.62. The molecule has 30 heavy (non-hydrogen) atoms. The van der Waals surface area contributed by atoms with Crippen LogP contribution in [0.3, 0.4) is 0 Å². The van der Waals surface area contributed by atoms with Gasteiger partial charge in [-0.05, 0) is 47.7 Å². The molecular weight excluding hydrogens is 390 g/mol. The lowest BCUT2D eigenvalue weighted by Crippen LogP contribution is -2.41. The van der Waals surface area contributed by atoms with Crippen LogP contribution in [0.1, 0.15) is 33.3 Å². The maximum Gasteiger partial charge on any atom is 0.318 e. The highest BCUT2D eigenvalue weighted by atomic mass is 32.1. The fourth-order valence-corrected chi connectivity index (χ4v) is 4.92. The molecule has 1 atom stereocenters. The summed E-state index contributed by atoms with van der Waals surface area (Å²) in [6.45, 7) is 3.13. The van der Waals surface area contributed by atoms with E-state index in [4.69, 9.17) is 0 Å². The molecule has 0 aliphatic carbocycles. The van der Waals surface area contributed by atoms with Crippen LogP contribution in [-0.2, 0) is 13.1 Å². The average Bonchev–Trinajstić information content (AvgIpc) is 3.44. The Morgan fingerprint density at radius 1 is 1.03 bits per heavy atom. The van der Waals surface area contributed by atoms with Gasteiger partial charge in [0.1, 0.15) is 6.04 Å². The third-order valence-electron chi connectivity index (χ3n) is 5.60. The number of thiophene rings is 1. The summed E-state index contributed by atoms with van der Waals surface area (Å²) in [5.74, 6) is 0. The molecule has 0 radical (unpaired) electrons. The molecule has 3 heterocycles. The Morgan fingerprint density at radius 2 is 1.87 bits per heavy atom. The summed E-state index contributed by atoms with van der Waals surface area (Å²) in [5, 5.41) is 5.22. The molecule has 4 aromatic rings. The van der Waals surface area contributed by atoms with Crippen molar-refractivity contribution in [1.82, 2.24) is 14.8 Å². The molecule has 1 aliphatic heterocycles. The lowest BCUT2D eigenvalue weighted by molar-refractivity contribution is 0.181. The van der Waals surface area contributed by atoms with Gasteiger partial charge in [0, 0.05) is 17.6 Å². The molecule has 1 aliphatic rings. The van der Waals surface area contributed by atoms with Crippen LogP contribution >= 0.6 is 11.3 Å². The first-order valence-electron chi connectivity index (χ1n) is 10.1. The van der Waals surface area contributed by atoms with Gasteiger partial charge in [-0.15, -0.1) is 11.3 Å². The van der Waals surface area contributed by atoms with Crippen molar-refractivity contribution in [3.63, 3.8) is 0 Å². The number of nitrogens with zero attached hydrogens (tertiary/aromatic N) is 2. The molecule has 5 heteroatoms. The van der Waals surface area contributed by atoms with Gasteiger partial charge in [0.2, 0.25) is 0 Å². The van der Waals surface area contributed by atoms with Crippen molar-refractivity contribution in [1.29, 1.82) is 0 Å². The van der Waals surface area contributed by atoms with Crippen LogP contribution in [0.5, 0.6) is 0 Å². The number of amides is 2. The summed E-state index contributed by atoms with van der Waals surface area (Å²) in [6.07, 6.45) is 2.09. The normalized spacial score (nSPS) is 15.2. The van der Waals surface area contributed by atoms with Crippen LogP contribution < -0.4 is 5.32 Å². The van der Waals surface area contributed by atoms with E-state index < -0.39 is 0 Å². The Kier molecular flexibility index (Phi) is 4.89. The molecule has 0 bridgehead atoms. The Hall–Kier alpha value is -3.31. The number of hydrogen-bond acceptors (Lipinski definition) is 2. The van der Waals surface area contributed by atoms with E-state index in [1.54, 1.807) is 11.3 Å². The first-order valence-corrected chi connectivity index (χ1v) is 11.0. The van der Waals surface area contributed by atoms with Gasteiger partial charge < -0.3 is 14.8 Å². The van der Waals surface area contributed by atoms with Gasteiger partial charge in [-0.1, -0.05) is 54.1 Å². The first-order chi connectivity index (χ1) is 14.7. The number of carbonyl (C=O) groups excluding carboxylic acids is 1. The van der Waals surface area contributed by atoms with E-state index >= 15 is 0 Å². The van der Waals surface area contributed by atoms with Gasteiger partial charge in [0.25, 0.3) is 0 Å². The van der Waals surface area contributed by atoms with Gasteiger partial charge >= 0.3 is 6.03 Å². The summed E-state index contributed by atoms with van der Waals surface area (Å²) >= 11 is 1.69. The lowest BCUT2D eigenvalue weighted by Gasteiger charge is -2.30. The molecule has 2 aromatic carbocycles. The maximum atomic E-state index is 13.4. The van der Waals surface area contributed by atoms with Crippen LogP contribution in [0.15, 0.2) is 84.4 Å². The SMILES string of the molecule is Cc1ccc(CNC(=O)N2Cc3ccccc3-n3cccc3C2c2cccs2)cc1. The van der Waals surface area contributed by atoms with Crippen molar-refractivity contribution >= 4 is 17.4 Å². The second kappa shape index (κ2) is 7.84. The topological polar surface area (TPSA) is 37.3 Å². The molecule has 2 aromatic heterocycles. The standard InChI is InChI=1S/C25H23N3OS/c1-18-10-12-19(13-11-18)16-26-25(29)28-17-20-6-2-3-7-21(20)27-14-4-8-22(27)24(28)23-9-5-15-30-23/h2-15,24H,16-17H2,1H3,(H,26,29). The smallest absolute Gasteiger partial charge is 0.318 e.